The number of halogens is 1. The van der Waals surface area contributed by atoms with E-state index in [-0.39, 0.29) is 6.79 Å². The number of urea groups is 1. The lowest BCUT2D eigenvalue weighted by Crippen LogP contribution is -2.19. The van der Waals surface area contributed by atoms with E-state index < -0.39 is 6.03 Å². The summed E-state index contributed by atoms with van der Waals surface area (Å²) >= 11 is 5.92. The van der Waals surface area contributed by atoms with Crippen molar-refractivity contribution in [2.45, 2.75) is 0 Å². The monoisotopic (exact) mass is 320 g/mol. The molecule has 1 heterocycles. The molecule has 1 aliphatic heterocycles. The smallest absolute Gasteiger partial charge is 0.323 e. The number of carbonyl (C=O) groups excluding carboxylic acids is 1. The maximum absolute atomic E-state index is 12.1. The number of ether oxygens (including phenoxy) is 3. The quantitative estimate of drug-likeness (QED) is 0.904. The molecule has 2 amide bonds. The third-order valence-electron chi connectivity index (χ3n) is 3.04. The molecule has 22 heavy (non-hydrogen) atoms. The number of rotatable bonds is 3. The highest BCUT2D eigenvalue weighted by atomic mass is 35.5. The van der Waals surface area contributed by atoms with Gasteiger partial charge >= 0.3 is 6.03 Å². The minimum atomic E-state index is -0.417. The van der Waals surface area contributed by atoms with Gasteiger partial charge in [0.1, 0.15) is 5.75 Å². The fourth-order valence-electron chi connectivity index (χ4n) is 2.04. The van der Waals surface area contributed by atoms with Gasteiger partial charge in [-0.3, -0.25) is 0 Å². The van der Waals surface area contributed by atoms with Crippen LogP contribution in [0.5, 0.6) is 17.2 Å². The van der Waals surface area contributed by atoms with Crippen LogP contribution in [0, 0.1) is 0 Å². The molecule has 0 atom stereocenters. The molecule has 0 spiro atoms. The SMILES string of the molecule is COc1ccc(Cl)cc1NC(=O)Nc1ccc2c(c1)OCO2. The van der Waals surface area contributed by atoms with Crippen molar-refractivity contribution in [3.63, 3.8) is 0 Å². The van der Waals surface area contributed by atoms with Crippen molar-refractivity contribution in [1.82, 2.24) is 0 Å². The summed E-state index contributed by atoms with van der Waals surface area (Å²) in [6.07, 6.45) is 0. The molecule has 7 heteroatoms. The van der Waals surface area contributed by atoms with Crippen LogP contribution in [0.2, 0.25) is 5.02 Å². The van der Waals surface area contributed by atoms with Gasteiger partial charge in [-0.15, -0.1) is 0 Å². The van der Waals surface area contributed by atoms with Gasteiger partial charge in [0.2, 0.25) is 6.79 Å². The molecule has 6 nitrogen and oxygen atoms in total. The van der Waals surface area contributed by atoms with Crippen molar-refractivity contribution < 1.29 is 19.0 Å². The second kappa shape index (κ2) is 6.03. The van der Waals surface area contributed by atoms with Crippen LogP contribution < -0.4 is 24.8 Å². The van der Waals surface area contributed by atoms with Crippen LogP contribution in [0.25, 0.3) is 0 Å². The Morgan fingerprint density at radius 3 is 2.77 bits per heavy atom. The van der Waals surface area contributed by atoms with Crippen molar-refractivity contribution in [3.05, 3.63) is 41.4 Å². The molecule has 2 aromatic carbocycles. The molecule has 3 rings (SSSR count). The summed E-state index contributed by atoms with van der Waals surface area (Å²) in [7, 11) is 1.52. The molecule has 0 radical (unpaired) electrons. The first kappa shape index (κ1) is 14.3. The van der Waals surface area contributed by atoms with Gasteiger partial charge < -0.3 is 24.8 Å². The number of hydrogen-bond acceptors (Lipinski definition) is 4. The number of amides is 2. The summed E-state index contributed by atoms with van der Waals surface area (Å²) in [5.74, 6) is 1.77. The molecular weight excluding hydrogens is 308 g/mol. The highest BCUT2D eigenvalue weighted by molar-refractivity contribution is 6.31. The van der Waals surface area contributed by atoms with Crippen LogP contribution >= 0.6 is 11.6 Å². The maximum atomic E-state index is 12.1. The van der Waals surface area contributed by atoms with E-state index in [0.29, 0.717) is 33.6 Å². The van der Waals surface area contributed by atoms with Crippen molar-refractivity contribution in [2.24, 2.45) is 0 Å². The molecular formula is C15H13ClN2O4. The van der Waals surface area contributed by atoms with Gasteiger partial charge in [-0.25, -0.2) is 4.79 Å². The molecule has 0 bridgehead atoms. The summed E-state index contributed by atoms with van der Waals surface area (Å²) in [4.78, 5) is 12.1. The lowest BCUT2D eigenvalue weighted by Gasteiger charge is -2.11. The van der Waals surface area contributed by atoms with E-state index in [1.54, 1.807) is 36.4 Å². The molecule has 1 aliphatic rings. The Morgan fingerprint density at radius 2 is 1.95 bits per heavy atom. The predicted molar refractivity (Wildman–Crippen MR) is 83.2 cm³/mol. The van der Waals surface area contributed by atoms with Crippen molar-refractivity contribution in [3.8, 4) is 17.2 Å². The number of fused-ring (bicyclic) bond motifs is 1. The van der Waals surface area contributed by atoms with Gasteiger partial charge in [-0.2, -0.15) is 0 Å². The number of carbonyl (C=O) groups is 1. The number of benzene rings is 2. The molecule has 0 aromatic heterocycles. The predicted octanol–water partition coefficient (Wildman–Crippen LogP) is 3.72. The molecule has 2 aromatic rings. The molecule has 0 saturated heterocycles. The summed E-state index contributed by atoms with van der Waals surface area (Å²) in [5, 5.41) is 5.89. The molecule has 114 valence electrons. The molecule has 0 unspecified atom stereocenters. The Kier molecular flexibility index (Phi) is 3.93. The van der Waals surface area contributed by atoms with E-state index >= 15 is 0 Å². The molecule has 2 N–H and O–H groups in total. The minimum Gasteiger partial charge on any atom is -0.495 e. The standard InChI is InChI=1S/C15H13ClN2O4/c1-20-12-4-2-9(16)6-11(12)18-15(19)17-10-3-5-13-14(7-10)22-8-21-13/h2-7H,8H2,1H3,(H2,17,18,19). The highest BCUT2D eigenvalue weighted by Gasteiger charge is 2.14. The third kappa shape index (κ3) is 3.01. The van der Waals surface area contributed by atoms with E-state index in [0.717, 1.165) is 0 Å². The average Bonchev–Trinajstić information content (AvgIpc) is 2.95. The van der Waals surface area contributed by atoms with E-state index in [4.69, 9.17) is 25.8 Å². The summed E-state index contributed by atoms with van der Waals surface area (Å²) in [5.41, 5.74) is 1.07. The fraction of sp³-hybridized carbons (Fsp3) is 0.133. The molecule has 0 fully saturated rings. The summed E-state index contributed by atoms with van der Waals surface area (Å²) in [6, 6.07) is 9.70. The van der Waals surface area contributed by atoms with Crippen molar-refractivity contribution in [2.75, 3.05) is 24.5 Å². The zero-order valence-corrected chi connectivity index (χ0v) is 12.4. The van der Waals surface area contributed by atoms with Crippen LogP contribution in [-0.2, 0) is 0 Å². The lowest BCUT2D eigenvalue weighted by atomic mass is 10.2. The fourth-order valence-corrected chi connectivity index (χ4v) is 2.21. The number of hydrogen-bond donors (Lipinski definition) is 2. The van der Waals surface area contributed by atoms with Crippen LogP contribution in [0.4, 0.5) is 16.2 Å². The number of anilines is 2. The van der Waals surface area contributed by atoms with Crippen molar-refractivity contribution >= 4 is 29.0 Å². The Labute approximate surface area is 131 Å². The topological polar surface area (TPSA) is 68.8 Å². The first-order valence-electron chi connectivity index (χ1n) is 6.47. The largest absolute Gasteiger partial charge is 0.495 e. The van der Waals surface area contributed by atoms with Gasteiger partial charge in [0, 0.05) is 16.8 Å². The first-order valence-corrected chi connectivity index (χ1v) is 6.85. The molecule has 0 saturated carbocycles. The number of nitrogens with one attached hydrogen (secondary N) is 2. The Balaban J connectivity index is 1.71. The third-order valence-corrected chi connectivity index (χ3v) is 3.28. The highest BCUT2D eigenvalue weighted by Crippen LogP contribution is 2.34. The van der Waals surface area contributed by atoms with Crippen LogP contribution in [0.3, 0.4) is 0 Å². The normalized spacial score (nSPS) is 11.9. The summed E-state index contributed by atoms with van der Waals surface area (Å²) < 4.78 is 15.6. The Morgan fingerprint density at radius 1 is 1.14 bits per heavy atom. The van der Waals surface area contributed by atoms with Crippen LogP contribution in [0.1, 0.15) is 0 Å². The summed E-state index contributed by atoms with van der Waals surface area (Å²) in [6.45, 7) is 0.185. The van der Waals surface area contributed by atoms with E-state index in [2.05, 4.69) is 10.6 Å². The lowest BCUT2D eigenvalue weighted by molar-refractivity contribution is 0.174. The van der Waals surface area contributed by atoms with Gasteiger partial charge in [0.25, 0.3) is 0 Å². The Hall–Kier alpha value is -2.60. The minimum absolute atomic E-state index is 0.185. The second-order valence-electron chi connectivity index (χ2n) is 4.49. The molecule has 0 aliphatic carbocycles. The van der Waals surface area contributed by atoms with Crippen LogP contribution in [0.15, 0.2) is 36.4 Å². The van der Waals surface area contributed by atoms with Crippen LogP contribution in [-0.4, -0.2) is 19.9 Å². The number of methoxy groups -OCH3 is 1. The van der Waals surface area contributed by atoms with E-state index in [1.807, 2.05) is 0 Å². The maximum Gasteiger partial charge on any atom is 0.323 e. The average molecular weight is 321 g/mol. The Bertz CT molecular complexity index is 721. The second-order valence-corrected chi connectivity index (χ2v) is 4.93. The van der Waals surface area contributed by atoms with E-state index in [1.165, 1.54) is 7.11 Å². The van der Waals surface area contributed by atoms with Crippen molar-refractivity contribution in [1.29, 1.82) is 0 Å². The van der Waals surface area contributed by atoms with Gasteiger partial charge in [-0.1, -0.05) is 11.6 Å². The van der Waals surface area contributed by atoms with Gasteiger partial charge in [0.15, 0.2) is 11.5 Å². The zero-order chi connectivity index (χ0) is 15.5. The zero-order valence-electron chi connectivity index (χ0n) is 11.7. The van der Waals surface area contributed by atoms with E-state index in [9.17, 15) is 4.79 Å². The van der Waals surface area contributed by atoms with Gasteiger partial charge in [-0.05, 0) is 30.3 Å². The first-order chi connectivity index (χ1) is 10.7. The van der Waals surface area contributed by atoms with Gasteiger partial charge in [0.05, 0.1) is 12.8 Å².